The number of nitrogens with one attached hydrogen (secondary N) is 2. The Morgan fingerprint density at radius 3 is 2.00 bits per heavy atom. The van der Waals surface area contributed by atoms with Crippen molar-refractivity contribution < 1.29 is 57.1 Å². The number of hydrogen-bond acceptors (Lipinski definition) is 9. The molecule has 0 fully saturated rings. The van der Waals surface area contributed by atoms with E-state index < -0.39 is 42.0 Å². The van der Waals surface area contributed by atoms with Gasteiger partial charge >= 0.3 is 30.5 Å². The van der Waals surface area contributed by atoms with Gasteiger partial charge in [0.15, 0.2) is 0 Å². The molecule has 0 aliphatic carbocycles. The molecule has 0 heterocycles. The van der Waals surface area contributed by atoms with Crippen LogP contribution in [0.5, 0.6) is 0 Å². The number of carbonyl (C=O) groups excluding carboxylic acids is 5. The minimum atomic E-state index is -1.19. The SMILES string of the molecule is CCC(=O)NC(CSCC(COC(=O)CC)OC(=O)CC)C(=O)NC([CH-]O)C(=O)C(C)C.[CH3-].[V+2]. The Morgan fingerprint density at radius 2 is 1.53 bits per heavy atom. The maximum atomic E-state index is 12.7. The first-order valence-corrected chi connectivity index (χ1v) is 11.8. The number of esters is 2. The molecule has 3 atom stereocenters. The van der Waals surface area contributed by atoms with E-state index in [0.717, 1.165) is 0 Å². The zero-order chi connectivity index (χ0) is 24.7. The van der Waals surface area contributed by atoms with E-state index in [1.165, 1.54) is 11.8 Å². The predicted octanol–water partition coefficient (Wildman–Crippen LogP) is 1.58. The van der Waals surface area contributed by atoms with Gasteiger partial charge in [0.25, 0.3) is 0 Å². The molecule has 10 nitrogen and oxygen atoms in total. The van der Waals surface area contributed by atoms with Crippen molar-refractivity contribution >= 4 is 41.3 Å². The van der Waals surface area contributed by atoms with Gasteiger partial charge in [-0.25, -0.2) is 0 Å². The van der Waals surface area contributed by atoms with Gasteiger partial charge in [0.05, 0.1) is 0 Å². The Kier molecular flexibility index (Phi) is 22.6. The number of amides is 2. The molecule has 0 aromatic carbocycles. The van der Waals surface area contributed by atoms with Crippen LogP contribution in [0, 0.1) is 20.0 Å². The number of aliphatic hydroxyl groups excluding tert-OH is 1. The van der Waals surface area contributed by atoms with Crippen molar-refractivity contribution in [2.75, 3.05) is 18.1 Å². The molecule has 2 amide bonds. The molecule has 34 heavy (non-hydrogen) atoms. The fourth-order valence-corrected chi connectivity index (χ4v) is 3.30. The van der Waals surface area contributed by atoms with Gasteiger partial charge in [0, 0.05) is 36.7 Å². The smallest absolute Gasteiger partial charge is 0.564 e. The van der Waals surface area contributed by atoms with E-state index in [4.69, 9.17) is 9.47 Å². The summed E-state index contributed by atoms with van der Waals surface area (Å²) in [5, 5.41) is 14.3. The molecule has 3 unspecified atom stereocenters. The first-order valence-electron chi connectivity index (χ1n) is 10.6. The molecule has 0 saturated carbocycles. The molecule has 12 heteroatoms. The largest absolute Gasteiger partial charge is 2.00 e. The fourth-order valence-electron chi connectivity index (χ4n) is 2.26. The van der Waals surface area contributed by atoms with Crippen LogP contribution in [0.1, 0.15) is 53.9 Å². The van der Waals surface area contributed by atoms with Crippen LogP contribution >= 0.6 is 11.8 Å². The fraction of sp³-hybridized carbons (Fsp3) is 0.682. The minimum absolute atomic E-state index is 0. The maximum absolute atomic E-state index is 12.7. The summed E-state index contributed by atoms with van der Waals surface area (Å²) in [4.78, 5) is 59.7. The van der Waals surface area contributed by atoms with Crippen LogP contribution in [-0.4, -0.2) is 70.9 Å². The molecule has 3 N–H and O–H groups in total. The number of carbonyl (C=O) groups is 5. The monoisotopic (exact) mass is 541 g/mol. The van der Waals surface area contributed by atoms with Crippen molar-refractivity contribution in [1.82, 2.24) is 10.6 Å². The average molecular weight is 542 g/mol. The Hall–Kier alpha value is -1.56. The van der Waals surface area contributed by atoms with Crippen molar-refractivity contribution in [3.63, 3.8) is 0 Å². The van der Waals surface area contributed by atoms with Crippen molar-refractivity contribution in [1.29, 1.82) is 0 Å². The summed E-state index contributed by atoms with van der Waals surface area (Å²) in [6.07, 6.45) is -0.220. The molecule has 195 valence electrons. The van der Waals surface area contributed by atoms with Crippen LogP contribution in [0.2, 0.25) is 0 Å². The second-order valence-corrected chi connectivity index (χ2v) is 8.28. The first kappa shape index (κ1) is 37.0. The van der Waals surface area contributed by atoms with Gasteiger partial charge in [-0.05, 0) is 6.04 Å². The topological polar surface area (TPSA) is 148 Å². The maximum Gasteiger partial charge on any atom is 2.00 e. The van der Waals surface area contributed by atoms with Crippen LogP contribution in [0.3, 0.4) is 0 Å². The summed E-state index contributed by atoms with van der Waals surface area (Å²) in [5.74, 6) is -2.35. The quantitative estimate of drug-likeness (QED) is 0.196. The van der Waals surface area contributed by atoms with Crippen LogP contribution in [0.25, 0.3) is 0 Å². The van der Waals surface area contributed by atoms with Gasteiger partial charge in [-0.3, -0.25) is 19.2 Å². The number of rotatable bonds is 16. The first-order chi connectivity index (χ1) is 15.1. The third-order valence-electron chi connectivity index (χ3n) is 4.19. The summed E-state index contributed by atoms with van der Waals surface area (Å²) in [6.45, 7) is 8.68. The third kappa shape index (κ3) is 15.4. The van der Waals surface area contributed by atoms with Gasteiger partial charge in [-0.15, -0.1) is 0 Å². The van der Waals surface area contributed by atoms with Gasteiger partial charge in [0.2, 0.25) is 11.8 Å². The number of thioether (sulfide) groups is 1. The Morgan fingerprint density at radius 1 is 0.941 bits per heavy atom. The van der Waals surface area contributed by atoms with Crippen molar-refractivity contribution in [3.8, 4) is 0 Å². The molecular weight excluding hydrogens is 503 g/mol. The molecule has 0 aromatic rings. The van der Waals surface area contributed by atoms with E-state index in [2.05, 4.69) is 10.6 Å². The second-order valence-electron chi connectivity index (χ2n) is 7.21. The number of Topliss-reactive ketones (excluding diaryl/α,β-unsaturated/α-hetero) is 1. The average Bonchev–Trinajstić information content (AvgIpc) is 2.78. The van der Waals surface area contributed by atoms with Crippen LogP contribution in [0.15, 0.2) is 0 Å². The van der Waals surface area contributed by atoms with E-state index >= 15 is 0 Å². The standard InChI is InChI=1S/C21H35N2O8S.CH3.V/c1-6-17(25)22-16(21(29)23-15(9-24)20(28)13(4)5)12-32-11-14(31-19(27)8-3)10-30-18(26)7-2;;/h9,13-16,24H,6-8,10-12H2,1-5H3,(H,22,25)(H,23,29);1H3;/q2*-1;+2. The number of aliphatic hydroxyl groups is 1. The predicted molar refractivity (Wildman–Crippen MR) is 125 cm³/mol. The Balaban J connectivity index is -0.00000480. The molecule has 0 aliphatic rings. The van der Waals surface area contributed by atoms with Gasteiger partial charge in [0.1, 0.15) is 24.5 Å². The normalized spacial score (nSPS) is 12.8. The summed E-state index contributed by atoms with van der Waals surface area (Å²) >= 11 is 1.21. The van der Waals surface area contributed by atoms with E-state index in [9.17, 15) is 29.1 Å². The van der Waals surface area contributed by atoms with Gasteiger partial charge in [-0.2, -0.15) is 18.4 Å². The zero-order valence-corrected chi connectivity index (χ0v) is 23.0. The van der Waals surface area contributed by atoms with Crippen LogP contribution in [0.4, 0.5) is 0 Å². The summed E-state index contributed by atoms with van der Waals surface area (Å²) in [5.41, 5.74) is 0. The summed E-state index contributed by atoms with van der Waals surface area (Å²) < 4.78 is 10.3. The van der Waals surface area contributed by atoms with Gasteiger partial charge in [-0.1, -0.05) is 34.6 Å². The molecular formula is C22H38N2O8SV. The molecule has 1 radical (unpaired) electrons. The van der Waals surface area contributed by atoms with Crippen molar-refractivity contribution in [2.24, 2.45) is 5.92 Å². The van der Waals surface area contributed by atoms with E-state index in [-0.39, 0.29) is 75.0 Å². The van der Waals surface area contributed by atoms with Crippen molar-refractivity contribution in [2.45, 2.75) is 72.1 Å². The summed E-state index contributed by atoms with van der Waals surface area (Å²) in [7, 11) is 0. The van der Waals surface area contributed by atoms with Gasteiger partial charge < -0.3 is 37.4 Å². The number of ketones is 1. The number of ether oxygens (including phenoxy) is 2. The molecule has 0 aromatic heterocycles. The Labute approximate surface area is 218 Å². The second kappa shape index (κ2) is 20.8. The molecule has 0 saturated heterocycles. The molecule has 0 spiro atoms. The minimum Gasteiger partial charge on any atom is -0.564 e. The van der Waals surface area contributed by atoms with Crippen LogP contribution in [-0.2, 0) is 52.0 Å². The Bertz CT molecular complexity index is 648. The molecule has 0 rings (SSSR count). The van der Waals surface area contributed by atoms with Crippen LogP contribution < -0.4 is 10.6 Å². The number of hydrogen-bond donors (Lipinski definition) is 3. The van der Waals surface area contributed by atoms with E-state index in [1.54, 1.807) is 34.6 Å². The van der Waals surface area contributed by atoms with Crippen molar-refractivity contribution in [3.05, 3.63) is 14.0 Å². The zero-order valence-electron chi connectivity index (χ0n) is 20.8. The summed E-state index contributed by atoms with van der Waals surface area (Å²) in [6, 6.07) is -2.18. The van der Waals surface area contributed by atoms with E-state index in [0.29, 0.717) is 6.61 Å². The molecule has 0 aliphatic heterocycles. The van der Waals surface area contributed by atoms with E-state index in [1.807, 2.05) is 0 Å². The third-order valence-corrected chi connectivity index (χ3v) is 5.37. The molecule has 0 bridgehead atoms.